The van der Waals surface area contributed by atoms with Gasteiger partial charge in [-0.1, -0.05) is 6.58 Å². The number of hydrogen-bond acceptors (Lipinski definition) is 5. The van der Waals surface area contributed by atoms with Crippen LogP contribution < -0.4 is 16.0 Å². The van der Waals surface area contributed by atoms with E-state index in [4.69, 9.17) is 5.73 Å². The Bertz CT molecular complexity index is 1420. The molecule has 1 aliphatic heterocycles. The number of benzene rings is 2. The minimum absolute atomic E-state index is 0.0650. The first-order valence-corrected chi connectivity index (χ1v) is 11.0. The van der Waals surface area contributed by atoms with E-state index in [1.165, 1.54) is 16.0 Å². The van der Waals surface area contributed by atoms with Gasteiger partial charge in [0.15, 0.2) is 0 Å². The molecule has 3 N–H and O–H groups in total. The topological polar surface area (TPSA) is 99.2 Å². The Labute approximate surface area is 207 Å². The van der Waals surface area contributed by atoms with Gasteiger partial charge in [-0.05, 0) is 61.4 Å². The van der Waals surface area contributed by atoms with Crippen molar-refractivity contribution in [3.63, 3.8) is 0 Å². The summed E-state index contributed by atoms with van der Waals surface area (Å²) in [6.07, 6.45) is 4.77. The summed E-state index contributed by atoms with van der Waals surface area (Å²) >= 11 is 0. The highest BCUT2D eigenvalue weighted by molar-refractivity contribution is 6.10. The highest BCUT2D eigenvalue weighted by atomic mass is 19.1. The number of carbonyl (C=O) groups is 1. The summed E-state index contributed by atoms with van der Waals surface area (Å²) < 4.78 is 28.5. The van der Waals surface area contributed by atoms with Crippen LogP contribution in [-0.4, -0.2) is 35.1 Å². The number of halogens is 2. The van der Waals surface area contributed by atoms with E-state index in [0.29, 0.717) is 22.6 Å². The van der Waals surface area contributed by atoms with Gasteiger partial charge in [0.1, 0.15) is 17.5 Å². The van der Waals surface area contributed by atoms with E-state index in [1.54, 1.807) is 37.7 Å². The summed E-state index contributed by atoms with van der Waals surface area (Å²) in [5.74, 6) is -0.904. The number of anilines is 2. The summed E-state index contributed by atoms with van der Waals surface area (Å²) in [5, 5.41) is 2.75. The zero-order valence-electron chi connectivity index (χ0n) is 20.1. The summed E-state index contributed by atoms with van der Waals surface area (Å²) in [5.41, 5.74) is 9.88. The number of pyridine rings is 1. The van der Waals surface area contributed by atoms with Crippen LogP contribution >= 0.6 is 0 Å². The molecule has 0 radical (unpaired) electrons. The van der Waals surface area contributed by atoms with Crippen LogP contribution in [0.5, 0.6) is 0 Å². The second kappa shape index (κ2) is 9.95. The molecule has 0 spiro atoms. The largest absolute Gasteiger partial charge is 0.398 e. The molecule has 0 saturated carbocycles. The van der Waals surface area contributed by atoms with E-state index in [-0.39, 0.29) is 23.9 Å². The second-order valence-electron chi connectivity index (χ2n) is 8.31. The van der Waals surface area contributed by atoms with E-state index in [0.717, 1.165) is 29.3 Å². The molecule has 0 atom stereocenters. The number of hydrogen-bond donors (Lipinski definition) is 2. The number of nitrogens with zero attached hydrogens (tertiary/aromatic N) is 5. The van der Waals surface area contributed by atoms with Gasteiger partial charge in [-0.25, -0.2) is 23.5 Å². The number of aromatic nitrogens is 1. The maximum absolute atomic E-state index is 14.6. The number of rotatable bonds is 5. The Morgan fingerprint density at radius 3 is 2.67 bits per heavy atom. The van der Waals surface area contributed by atoms with Crippen LogP contribution in [0.3, 0.4) is 0 Å². The fraction of sp³-hybridized carbons (Fsp3) is 0.154. The average molecular weight is 490 g/mol. The first-order valence-electron chi connectivity index (χ1n) is 11.0. The quantitative estimate of drug-likeness (QED) is 0.397. The number of amides is 2. The van der Waals surface area contributed by atoms with Gasteiger partial charge < -0.3 is 5.73 Å². The molecule has 2 amide bonds. The van der Waals surface area contributed by atoms with Crippen LogP contribution in [0.25, 0.3) is 0 Å². The lowest BCUT2D eigenvalue weighted by molar-refractivity contribution is 0.245. The Morgan fingerprint density at radius 2 is 1.94 bits per heavy atom. The Morgan fingerprint density at radius 1 is 1.17 bits per heavy atom. The molecule has 1 aromatic heterocycles. The molecule has 10 heteroatoms. The van der Waals surface area contributed by atoms with Crippen LogP contribution in [0, 0.1) is 25.5 Å². The van der Waals surface area contributed by atoms with Crippen LogP contribution in [0.1, 0.15) is 22.3 Å². The molecule has 184 valence electrons. The van der Waals surface area contributed by atoms with Crippen molar-refractivity contribution in [2.24, 2.45) is 9.98 Å². The molecule has 1 aliphatic rings. The smallest absolute Gasteiger partial charge is 0.334 e. The molecule has 2 heterocycles. The van der Waals surface area contributed by atoms with Crippen molar-refractivity contribution in [3.05, 3.63) is 95.1 Å². The number of guanidine groups is 1. The van der Waals surface area contributed by atoms with Crippen LogP contribution in [0.2, 0.25) is 0 Å². The molecule has 1 fully saturated rings. The summed E-state index contributed by atoms with van der Waals surface area (Å²) in [6.45, 7) is 7.60. The van der Waals surface area contributed by atoms with Gasteiger partial charge in [-0.2, -0.15) is 0 Å². The summed E-state index contributed by atoms with van der Waals surface area (Å²) in [7, 11) is 1.63. The lowest BCUT2D eigenvalue weighted by atomic mass is 10.1. The predicted molar refractivity (Wildman–Crippen MR) is 137 cm³/mol. The lowest BCUT2D eigenvalue weighted by Gasteiger charge is -2.39. The van der Waals surface area contributed by atoms with Crippen molar-refractivity contribution in [1.82, 2.24) is 15.2 Å². The number of urea groups is 1. The van der Waals surface area contributed by atoms with Gasteiger partial charge >= 0.3 is 6.03 Å². The summed E-state index contributed by atoms with van der Waals surface area (Å²) in [6, 6.07) is 7.91. The first kappa shape index (κ1) is 24.5. The third-order valence-corrected chi connectivity index (χ3v) is 5.60. The molecular formula is C26H25F2N7O. The van der Waals surface area contributed by atoms with Gasteiger partial charge in [0, 0.05) is 36.3 Å². The third-order valence-electron chi connectivity index (χ3n) is 5.60. The van der Waals surface area contributed by atoms with E-state index in [2.05, 4.69) is 26.9 Å². The fourth-order valence-electron chi connectivity index (χ4n) is 3.82. The van der Waals surface area contributed by atoms with Crippen LogP contribution in [-0.2, 0) is 6.54 Å². The molecule has 8 nitrogen and oxygen atoms in total. The second-order valence-corrected chi connectivity index (χ2v) is 8.31. The van der Waals surface area contributed by atoms with Crippen molar-refractivity contribution >= 4 is 35.3 Å². The van der Waals surface area contributed by atoms with E-state index >= 15 is 0 Å². The molecule has 2 aromatic carbocycles. The van der Waals surface area contributed by atoms with Crippen molar-refractivity contribution < 1.29 is 13.6 Å². The van der Waals surface area contributed by atoms with Gasteiger partial charge in [0.2, 0.25) is 5.96 Å². The number of aryl methyl sites for hydroxylation is 2. The maximum Gasteiger partial charge on any atom is 0.334 e. The Kier molecular flexibility index (Phi) is 6.77. The Balaban J connectivity index is 1.83. The van der Waals surface area contributed by atoms with Gasteiger partial charge in [-0.3, -0.25) is 20.2 Å². The Hall–Kier alpha value is -4.60. The van der Waals surface area contributed by atoms with Crippen molar-refractivity contribution in [3.8, 4) is 0 Å². The molecule has 0 unspecified atom stereocenters. The third kappa shape index (κ3) is 4.92. The van der Waals surface area contributed by atoms with Gasteiger partial charge in [0.05, 0.1) is 24.1 Å². The monoisotopic (exact) mass is 489 g/mol. The number of carbonyl (C=O) groups excluding carboxylic acids is 1. The van der Waals surface area contributed by atoms with Crippen molar-refractivity contribution in [1.29, 1.82) is 0 Å². The number of aliphatic imine (C=N–C) groups is 2. The lowest BCUT2D eigenvalue weighted by Crippen LogP contribution is -2.58. The molecule has 36 heavy (non-hydrogen) atoms. The minimum atomic E-state index is -0.602. The number of nitrogens with one attached hydrogen (secondary N) is 1. The molecule has 0 aliphatic carbocycles. The highest BCUT2D eigenvalue weighted by Crippen LogP contribution is 2.29. The van der Waals surface area contributed by atoms with Gasteiger partial charge in [0.25, 0.3) is 0 Å². The first-order chi connectivity index (χ1) is 17.2. The number of nitrogens with two attached hydrogens (primary N) is 1. The normalized spacial score (nSPS) is 15.2. The maximum atomic E-state index is 14.6. The van der Waals surface area contributed by atoms with E-state index < -0.39 is 17.7 Å². The van der Waals surface area contributed by atoms with Crippen molar-refractivity contribution in [2.75, 3.05) is 17.7 Å². The molecular weight excluding hydrogens is 464 g/mol. The highest BCUT2D eigenvalue weighted by Gasteiger charge is 2.34. The van der Waals surface area contributed by atoms with Crippen LogP contribution in [0.15, 0.2) is 71.2 Å². The SMILES string of the molecule is C=C1N(Cc2cc(F)ccc2F)C(=Nc2cc(C=NC)c(N)cc2C)NC(=O)N1c1cncc(C)c1. The van der Waals surface area contributed by atoms with Crippen molar-refractivity contribution in [2.45, 2.75) is 20.4 Å². The van der Waals surface area contributed by atoms with E-state index in [1.807, 2.05) is 13.8 Å². The van der Waals surface area contributed by atoms with E-state index in [9.17, 15) is 13.6 Å². The average Bonchev–Trinajstić information content (AvgIpc) is 2.81. The molecule has 3 aromatic rings. The van der Waals surface area contributed by atoms with Gasteiger partial charge in [-0.15, -0.1) is 0 Å². The molecule has 0 bridgehead atoms. The minimum Gasteiger partial charge on any atom is -0.398 e. The fourth-order valence-corrected chi connectivity index (χ4v) is 3.82. The standard InChI is InChI=1S/C26H25F2N7O/c1-15-7-21(13-31-11-15)35-17(3)34(14-19-9-20(27)5-6-22(19)28)25(33-26(35)36)32-24-10-18(12-30-4)23(29)8-16(24)2/h5-13H,3,14,29H2,1-2,4H3,(H,32,33,36). The van der Waals surface area contributed by atoms with Crippen LogP contribution in [0.4, 0.5) is 30.6 Å². The number of nitrogen functional groups attached to an aromatic ring is 1. The summed E-state index contributed by atoms with van der Waals surface area (Å²) in [4.78, 5) is 28.8. The zero-order chi connectivity index (χ0) is 26.0. The molecule has 1 saturated heterocycles. The molecule has 4 rings (SSSR count). The zero-order valence-corrected chi connectivity index (χ0v) is 20.1. The predicted octanol–water partition coefficient (Wildman–Crippen LogP) is 4.80.